The van der Waals surface area contributed by atoms with Crippen LogP contribution in [0.5, 0.6) is 5.75 Å². The molecule has 0 saturated carbocycles. The summed E-state index contributed by atoms with van der Waals surface area (Å²) in [7, 11) is 1.59. The van der Waals surface area contributed by atoms with Gasteiger partial charge in [0.25, 0.3) is 0 Å². The fourth-order valence-corrected chi connectivity index (χ4v) is 2.23. The largest absolute Gasteiger partial charge is 0.497 e. The summed E-state index contributed by atoms with van der Waals surface area (Å²) >= 11 is 0. The van der Waals surface area contributed by atoms with Gasteiger partial charge in [-0.05, 0) is 42.0 Å². The van der Waals surface area contributed by atoms with Crippen molar-refractivity contribution in [3.05, 3.63) is 59.7 Å². The third-order valence-electron chi connectivity index (χ3n) is 3.61. The lowest BCUT2D eigenvalue weighted by atomic mass is 10.2. The van der Waals surface area contributed by atoms with Crippen LogP contribution in [0.15, 0.2) is 48.5 Å². The van der Waals surface area contributed by atoms with Crippen LogP contribution in [0.25, 0.3) is 0 Å². The topological polar surface area (TPSA) is 82.4 Å². The number of methoxy groups -OCH3 is 1. The third-order valence-corrected chi connectivity index (χ3v) is 3.61. The maximum Gasteiger partial charge on any atom is 0.244 e. The molecule has 0 aromatic heterocycles. The number of amides is 2. The molecule has 0 unspecified atom stereocenters. The predicted octanol–water partition coefficient (Wildman–Crippen LogP) is 2.55. The van der Waals surface area contributed by atoms with Gasteiger partial charge >= 0.3 is 0 Å². The fraction of sp³-hybridized carbons (Fsp3) is 0.211. The molecule has 0 radical (unpaired) electrons. The molecule has 0 aliphatic rings. The Morgan fingerprint density at radius 1 is 1.12 bits per heavy atom. The minimum Gasteiger partial charge on any atom is -0.497 e. The second kappa shape index (κ2) is 8.50. The van der Waals surface area contributed by atoms with Crippen molar-refractivity contribution in [3.8, 4) is 11.8 Å². The molecule has 0 saturated heterocycles. The van der Waals surface area contributed by atoms with Crippen molar-refractivity contribution in [3.63, 3.8) is 0 Å². The Hall–Kier alpha value is -3.33. The fourth-order valence-electron chi connectivity index (χ4n) is 2.23. The molecule has 0 aliphatic heterocycles. The smallest absolute Gasteiger partial charge is 0.244 e. The lowest BCUT2D eigenvalue weighted by molar-refractivity contribution is -0.133. The monoisotopic (exact) mass is 337 g/mol. The molecule has 0 fully saturated rings. The van der Waals surface area contributed by atoms with E-state index >= 15 is 0 Å². The Labute approximate surface area is 146 Å². The van der Waals surface area contributed by atoms with E-state index in [1.165, 1.54) is 11.8 Å². The maximum absolute atomic E-state index is 12.2. The van der Waals surface area contributed by atoms with Crippen LogP contribution in [-0.2, 0) is 16.1 Å². The van der Waals surface area contributed by atoms with E-state index in [2.05, 4.69) is 5.32 Å². The zero-order valence-corrected chi connectivity index (χ0v) is 14.2. The lowest BCUT2D eigenvalue weighted by Crippen LogP contribution is -2.36. The molecule has 0 aliphatic carbocycles. The zero-order valence-electron chi connectivity index (χ0n) is 14.2. The molecule has 0 heterocycles. The Balaban J connectivity index is 1.98. The van der Waals surface area contributed by atoms with Gasteiger partial charge in [-0.3, -0.25) is 9.59 Å². The van der Waals surface area contributed by atoms with E-state index in [0.29, 0.717) is 17.8 Å². The molecule has 0 bridgehead atoms. The number of hydrogen-bond donors (Lipinski definition) is 1. The van der Waals surface area contributed by atoms with E-state index in [4.69, 9.17) is 10.00 Å². The number of rotatable bonds is 6. The highest BCUT2D eigenvalue weighted by molar-refractivity contribution is 5.94. The summed E-state index contributed by atoms with van der Waals surface area (Å²) in [6.45, 7) is 1.71. The van der Waals surface area contributed by atoms with Gasteiger partial charge in [-0.2, -0.15) is 5.26 Å². The van der Waals surface area contributed by atoms with Crippen molar-refractivity contribution in [1.82, 2.24) is 4.90 Å². The Morgan fingerprint density at radius 2 is 1.76 bits per heavy atom. The van der Waals surface area contributed by atoms with Gasteiger partial charge in [-0.15, -0.1) is 0 Å². The van der Waals surface area contributed by atoms with Crippen molar-refractivity contribution >= 4 is 17.5 Å². The maximum atomic E-state index is 12.2. The summed E-state index contributed by atoms with van der Waals surface area (Å²) in [6.07, 6.45) is 0. The van der Waals surface area contributed by atoms with Gasteiger partial charge < -0.3 is 15.0 Å². The molecule has 2 aromatic carbocycles. The third kappa shape index (κ3) is 5.36. The quantitative estimate of drug-likeness (QED) is 0.878. The highest BCUT2D eigenvalue weighted by atomic mass is 16.5. The number of carbonyl (C=O) groups excluding carboxylic acids is 2. The highest BCUT2D eigenvalue weighted by Gasteiger charge is 2.14. The summed E-state index contributed by atoms with van der Waals surface area (Å²) in [6, 6.07) is 15.9. The number of nitriles is 1. The van der Waals surface area contributed by atoms with Gasteiger partial charge in [0, 0.05) is 19.2 Å². The van der Waals surface area contributed by atoms with Gasteiger partial charge in [0.05, 0.1) is 18.7 Å². The standard InChI is InChI=1S/C19H19N3O3/c1-14(23)22(12-16-5-9-18(25-2)10-6-16)13-19(24)21-17-7-3-15(11-20)4-8-17/h3-10H,12-13H2,1-2H3,(H,21,24). The van der Waals surface area contributed by atoms with Crippen molar-refractivity contribution in [1.29, 1.82) is 5.26 Å². The van der Waals surface area contributed by atoms with Gasteiger partial charge in [0.15, 0.2) is 0 Å². The average molecular weight is 337 g/mol. The molecule has 2 rings (SSSR count). The van der Waals surface area contributed by atoms with Gasteiger partial charge in [-0.25, -0.2) is 0 Å². The zero-order chi connectivity index (χ0) is 18.2. The Morgan fingerprint density at radius 3 is 2.28 bits per heavy atom. The number of ether oxygens (including phenoxy) is 1. The first-order valence-electron chi connectivity index (χ1n) is 7.70. The van der Waals surface area contributed by atoms with Crippen molar-refractivity contribution < 1.29 is 14.3 Å². The van der Waals surface area contributed by atoms with Crippen molar-refractivity contribution in [2.75, 3.05) is 19.0 Å². The Kier molecular flexibility index (Phi) is 6.13. The van der Waals surface area contributed by atoms with Crippen molar-refractivity contribution in [2.45, 2.75) is 13.5 Å². The molecule has 2 amide bonds. The molecule has 1 N–H and O–H groups in total. The first-order chi connectivity index (χ1) is 12.0. The highest BCUT2D eigenvalue weighted by Crippen LogP contribution is 2.14. The van der Waals surface area contributed by atoms with Crippen LogP contribution in [0.4, 0.5) is 5.69 Å². The summed E-state index contributed by atoms with van der Waals surface area (Å²) in [4.78, 5) is 25.5. The number of anilines is 1. The first kappa shape index (κ1) is 18.0. The van der Waals surface area contributed by atoms with Crippen LogP contribution < -0.4 is 10.1 Å². The molecule has 128 valence electrons. The number of benzene rings is 2. The van der Waals surface area contributed by atoms with E-state index in [-0.39, 0.29) is 18.4 Å². The number of carbonyl (C=O) groups is 2. The summed E-state index contributed by atoms with van der Waals surface area (Å²) < 4.78 is 5.10. The number of nitrogens with zero attached hydrogens (tertiary/aromatic N) is 2. The second-order valence-electron chi connectivity index (χ2n) is 5.46. The van der Waals surface area contributed by atoms with Crippen LogP contribution in [0, 0.1) is 11.3 Å². The summed E-state index contributed by atoms with van der Waals surface area (Å²) in [5.41, 5.74) is 2.00. The molecular weight excluding hydrogens is 318 g/mol. The van der Waals surface area contributed by atoms with Crippen LogP contribution in [0.2, 0.25) is 0 Å². The number of nitrogens with one attached hydrogen (secondary N) is 1. The molecule has 2 aromatic rings. The second-order valence-corrected chi connectivity index (χ2v) is 5.46. The van der Waals surface area contributed by atoms with E-state index in [1.807, 2.05) is 30.3 Å². The van der Waals surface area contributed by atoms with E-state index in [9.17, 15) is 9.59 Å². The Bertz CT molecular complexity index is 777. The van der Waals surface area contributed by atoms with Gasteiger partial charge in [0.1, 0.15) is 12.3 Å². The van der Waals surface area contributed by atoms with Crippen LogP contribution in [0.3, 0.4) is 0 Å². The minimum absolute atomic E-state index is 0.0542. The molecule has 6 nitrogen and oxygen atoms in total. The molecular formula is C19H19N3O3. The average Bonchev–Trinajstić information content (AvgIpc) is 2.62. The van der Waals surface area contributed by atoms with Gasteiger partial charge in [0.2, 0.25) is 11.8 Å². The molecule has 0 atom stereocenters. The van der Waals surface area contributed by atoms with E-state index in [0.717, 1.165) is 11.3 Å². The normalized spacial score (nSPS) is 9.80. The van der Waals surface area contributed by atoms with Crippen LogP contribution >= 0.6 is 0 Å². The first-order valence-corrected chi connectivity index (χ1v) is 7.70. The van der Waals surface area contributed by atoms with Gasteiger partial charge in [-0.1, -0.05) is 12.1 Å². The summed E-state index contributed by atoms with van der Waals surface area (Å²) in [5.74, 6) is 0.246. The summed E-state index contributed by atoms with van der Waals surface area (Å²) in [5, 5.41) is 11.5. The van der Waals surface area contributed by atoms with Crippen LogP contribution in [-0.4, -0.2) is 30.4 Å². The molecule has 0 spiro atoms. The number of hydrogen-bond acceptors (Lipinski definition) is 4. The van der Waals surface area contributed by atoms with Crippen molar-refractivity contribution in [2.24, 2.45) is 0 Å². The minimum atomic E-state index is -0.298. The molecule has 25 heavy (non-hydrogen) atoms. The lowest BCUT2D eigenvalue weighted by Gasteiger charge is -2.20. The van der Waals surface area contributed by atoms with E-state index in [1.54, 1.807) is 31.4 Å². The predicted molar refractivity (Wildman–Crippen MR) is 93.9 cm³/mol. The molecule has 6 heteroatoms. The SMILES string of the molecule is COc1ccc(CN(CC(=O)Nc2ccc(C#N)cc2)C(C)=O)cc1. The van der Waals surface area contributed by atoms with Crippen LogP contribution in [0.1, 0.15) is 18.1 Å². The van der Waals surface area contributed by atoms with E-state index < -0.39 is 0 Å².